The Hall–Kier alpha value is -2.90. The van der Waals surface area contributed by atoms with Gasteiger partial charge in [-0.3, -0.25) is 19.3 Å². The molecule has 1 heterocycles. The summed E-state index contributed by atoms with van der Waals surface area (Å²) in [5.41, 5.74) is 3.36. The third kappa shape index (κ3) is 4.00. The average Bonchev–Trinajstić information content (AvgIpc) is 3.45. The number of imide groups is 1. The number of esters is 1. The molecule has 2 bridgehead atoms. The fourth-order valence-corrected chi connectivity index (χ4v) is 6.47. The second-order valence-electron chi connectivity index (χ2n) is 9.49. The van der Waals surface area contributed by atoms with Crippen LogP contribution in [-0.4, -0.2) is 41.1 Å². The Bertz CT molecular complexity index is 1200. The van der Waals surface area contributed by atoms with Gasteiger partial charge in [0, 0.05) is 5.69 Å². The second kappa shape index (κ2) is 8.95. The molecule has 0 spiro atoms. The summed E-state index contributed by atoms with van der Waals surface area (Å²) in [5.74, 6) is -2.74. The molecule has 3 aliphatic rings. The zero-order chi connectivity index (χ0) is 25.0. The van der Waals surface area contributed by atoms with Crippen LogP contribution >= 0.6 is 23.2 Å². The normalized spacial score (nSPS) is 28.9. The van der Waals surface area contributed by atoms with Crippen molar-refractivity contribution < 1.29 is 23.9 Å². The SMILES string of the molecule is Cc1ccc(NC(=O)COC(=O)c2ccc(N3C(=O)[C@@H]4[C@H]5C[C@@H]([C@H](Cl)[C@H]5Cl)[C@H]4C3=O)cc2)cc1C. The van der Waals surface area contributed by atoms with Gasteiger partial charge >= 0.3 is 5.97 Å². The molecule has 2 aromatic carbocycles. The van der Waals surface area contributed by atoms with Crippen LogP contribution in [0.4, 0.5) is 11.4 Å². The summed E-state index contributed by atoms with van der Waals surface area (Å²) in [6, 6.07) is 11.5. The molecule has 0 aromatic heterocycles. The third-order valence-corrected chi connectivity index (χ3v) is 8.79. The maximum atomic E-state index is 13.1. The maximum absolute atomic E-state index is 13.1. The van der Waals surface area contributed by atoms with Gasteiger partial charge in [0.25, 0.3) is 5.91 Å². The summed E-state index contributed by atoms with van der Waals surface area (Å²) in [7, 11) is 0. The van der Waals surface area contributed by atoms with E-state index < -0.39 is 30.3 Å². The highest BCUT2D eigenvalue weighted by Crippen LogP contribution is 2.59. The zero-order valence-corrected chi connectivity index (χ0v) is 20.7. The van der Waals surface area contributed by atoms with Crippen molar-refractivity contribution in [3.63, 3.8) is 0 Å². The predicted molar refractivity (Wildman–Crippen MR) is 132 cm³/mol. The number of hydrogen-bond acceptors (Lipinski definition) is 5. The number of nitrogens with zero attached hydrogens (tertiary/aromatic N) is 1. The van der Waals surface area contributed by atoms with Crippen LogP contribution in [0.5, 0.6) is 0 Å². The summed E-state index contributed by atoms with van der Waals surface area (Å²) < 4.78 is 5.12. The molecule has 1 aliphatic heterocycles. The number of benzene rings is 2. The Kier molecular flexibility index (Phi) is 6.09. The largest absolute Gasteiger partial charge is 0.452 e. The first-order chi connectivity index (χ1) is 16.7. The highest BCUT2D eigenvalue weighted by molar-refractivity contribution is 6.32. The van der Waals surface area contributed by atoms with E-state index in [1.165, 1.54) is 29.2 Å². The summed E-state index contributed by atoms with van der Waals surface area (Å²) >= 11 is 12.8. The number of ether oxygens (including phenoxy) is 1. The molecule has 3 amide bonds. The van der Waals surface area contributed by atoms with Crippen LogP contribution in [-0.2, 0) is 19.1 Å². The molecule has 2 aliphatic carbocycles. The molecule has 5 rings (SSSR count). The number of hydrogen-bond donors (Lipinski definition) is 1. The summed E-state index contributed by atoms with van der Waals surface area (Å²) in [4.78, 5) is 51.9. The number of carbonyl (C=O) groups is 4. The van der Waals surface area contributed by atoms with Crippen LogP contribution < -0.4 is 10.2 Å². The lowest BCUT2D eigenvalue weighted by atomic mass is 9.80. The van der Waals surface area contributed by atoms with Crippen LogP contribution in [0.3, 0.4) is 0 Å². The molecular weight excluding hydrogens is 491 g/mol. The minimum absolute atomic E-state index is 0.0974. The minimum Gasteiger partial charge on any atom is -0.452 e. The van der Waals surface area contributed by atoms with Crippen LogP contribution in [0.25, 0.3) is 0 Å². The van der Waals surface area contributed by atoms with Gasteiger partial charge < -0.3 is 10.1 Å². The first-order valence-corrected chi connectivity index (χ1v) is 12.3. The van der Waals surface area contributed by atoms with Crippen molar-refractivity contribution in [1.82, 2.24) is 0 Å². The molecular formula is C26H24Cl2N2O5. The topological polar surface area (TPSA) is 92.8 Å². The van der Waals surface area contributed by atoms with Gasteiger partial charge in [-0.25, -0.2) is 4.79 Å². The van der Waals surface area contributed by atoms with Gasteiger partial charge in [0.05, 0.1) is 33.8 Å². The van der Waals surface area contributed by atoms with Gasteiger partial charge in [0.15, 0.2) is 6.61 Å². The molecule has 6 atom stereocenters. The van der Waals surface area contributed by atoms with Gasteiger partial charge in [-0.15, -0.1) is 23.2 Å². The first-order valence-electron chi connectivity index (χ1n) is 11.5. The molecule has 7 nitrogen and oxygen atoms in total. The summed E-state index contributed by atoms with van der Waals surface area (Å²) in [5, 5.41) is 2.06. The molecule has 35 heavy (non-hydrogen) atoms. The Morgan fingerprint density at radius 3 is 2.11 bits per heavy atom. The van der Waals surface area contributed by atoms with E-state index in [1.807, 2.05) is 26.0 Å². The van der Waals surface area contributed by atoms with Gasteiger partial charge in [-0.2, -0.15) is 0 Å². The van der Waals surface area contributed by atoms with Crippen molar-refractivity contribution in [2.24, 2.45) is 23.7 Å². The molecule has 9 heteroatoms. The van der Waals surface area contributed by atoms with E-state index in [-0.39, 0.29) is 40.0 Å². The number of alkyl halides is 2. The maximum Gasteiger partial charge on any atom is 0.338 e. The van der Waals surface area contributed by atoms with E-state index in [0.29, 0.717) is 17.8 Å². The highest BCUT2D eigenvalue weighted by Gasteiger charge is 2.66. The predicted octanol–water partition coefficient (Wildman–Crippen LogP) is 4.07. The number of aryl methyl sites for hydroxylation is 2. The van der Waals surface area contributed by atoms with E-state index in [2.05, 4.69) is 5.32 Å². The van der Waals surface area contributed by atoms with Gasteiger partial charge in [0.1, 0.15) is 0 Å². The quantitative estimate of drug-likeness (QED) is 0.368. The van der Waals surface area contributed by atoms with E-state index >= 15 is 0 Å². The van der Waals surface area contributed by atoms with E-state index in [4.69, 9.17) is 27.9 Å². The number of nitrogens with one attached hydrogen (secondary N) is 1. The average molecular weight is 515 g/mol. The Morgan fingerprint density at radius 1 is 0.943 bits per heavy atom. The molecule has 182 valence electrons. The van der Waals surface area contributed by atoms with E-state index in [0.717, 1.165) is 11.1 Å². The van der Waals surface area contributed by atoms with Crippen molar-refractivity contribution in [2.75, 3.05) is 16.8 Å². The number of fused-ring (bicyclic) bond motifs is 5. The lowest BCUT2D eigenvalue weighted by Gasteiger charge is -2.28. The standard InChI is InChI=1S/C26H24Cl2N2O5/c1-12-3-6-15(9-13(12)2)29-19(31)11-35-26(34)14-4-7-16(8-5-14)30-24(32)20-17-10-18(21(20)25(30)33)23(28)22(17)27/h3-9,17-18,20-23H,10-11H2,1-2H3,(H,29,31)/t17-,18-,20-,21-,22+,23+/m1/s1. The third-order valence-electron chi connectivity index (χ3n) is 7.47. The molecule has 1 saturated heterocycles. The summed E-state index contributed by atoms with van der Waals surface area (Å²) in [6.45, 7) is 3.48. The smallest absolute Gasteiger partial charge is 0.338 e. The Balaban J connectivity index is 1.21. The fraction of sp³-hybridized carbons (Fsp3) is 0.385. The van der Waals surface area contributed by atoms with Crippen molar-refractivity contribution in [1.29, 1.82) is 0 Å². The van der Waals surface area contributed by atoms with Crippen molar-refractivity contribution >= 4 is 58.3 Å². The Labute approximate surface area is 212 Å². The molecule has 2 saturated carbocycles. The van der Waals surface area contributed by atoms with Gasteiger partial charge in [0.2, 0.25) is 11.8 Å². The van der Waals surface area contributed by atoms with Crippen LogP contribution in [0.2, 0.25) is 0 Å². The second-order valence-corrected chi connectivity index (χ2v) is 10.5. The van der Waals surface area contributed by atoms with Crippen LogP contribution in [0.15, 0.2) is 42.5 Å². The lowest BCUT2D eigenvalue weighted by molar-refractivity contribution is -0.123. The summed E-state index contributed by atoms with van der Waals surface area (Å²) in [6.07, 6.45) is 0.699. The van der Waals surface area contributed by atoms with Crippen molar-refractivity contribution in [2.45, 2.75) is 31.0 Å². The van der Waals surface area contributed by atoms with Crippen LogP contribution in [0.1, 0.15) is 27.9 Å². The molecule has 0 unspecified atom stereocenters. The number of carbonyl (C=O) groups excluding carboxylic acids is 4. The number of halogens is 2. The fourth-order valence-electron chi connectivity index (χ4n) is 5.58. The first kappa shape index (κ1) is 23.8. The van der Waals surface area contributed by atoms with Gasteiger partial charge in [-0.05, 0) is 79.6 Å². The molecule has 0 radical (unpaired) electrons. The molecule has 3 fully saturated rings. The molecule has 2 aromatic rings. The minimum atomic E-state index is -0.685. The zero-order valence-electron chi connectivity index (χ0n) is 19.2. The number of anilines is 2. The highest BCUT2D eigenvalue weighted by atomic mass is 35.5. The monoisotopic (exact) mass is 514 g/mol. The van der Waals surface area contributed by atoms with Crippen molar-refractivity contribution in [3.05, 3.63) is 59.2 Å². The van der Waals surface area contributed by atoms with Crippen LogP contribution in [0, 0.1) is 37.5 Å². The lowest BCUT2D eigenvalue weighted by Crippen LogP contribution is -2.37. The number of rotatable bonds is 5. The van der Waals surface area contributed by atoms with Gasteiger partial charge in [-0.1, -0.05) is 6.07 Å². The van der Waals surface area contributed by atoms with E-state index in [1.54, 1.807) is 6.07 Å². The van der Waals surface area contributed by atoms with E-state index in [9.17, 15) is 19.2 Å². The van der Waals surface area contributed by atoms with Crippen molar-refractivity contribution in [3.8, 4) is 0 Å². The number of amides is 3. The molecule has 1 N–H and O–H groups in total. The Morgan fingerprint density at radius 2 is 1.54 bits per heavy atom.